The Morgan fingerprint density at radius 2 is 1.87 bits per heavy atom. The Bertz CT molecular complexity index is 1360. The van der Waals surface area contributed by atoms with Gasteiger partial charge < -0.3 is 10.5 Å². The fourth-order valence-corrected chi connectivity index (χ4v) is 4.67. The summed E-state index contributed by atoms with van der Waals surface area (Å²) in [6.07, 6.45) is 2.81. The topological polar surface area (TPSA) is 162 Å². The molecule has 0 spiro atoms. The molecule has 2 atom stereocenters. The monoisotopic (exact) mass is 449 g/mol. The van der Waals surface area contributed by atoms with Crippen LogP contribution in [0.3, 0.4) is 0 Å². The summed E-state index contributed by atoms with van der Waals surface area (Å²) in [4.78, 5) is 41.7. The Balaban J connectivity index is 1.57. The number of aromatic amines is 2. The molecule has 0 aliphatic heterocycles. The standard InChI is InChI=1S/C17H13Cl2N7O4/c18-7-4-8(26-17(29)22-15(28)13(20)25-26)21-12(19)11(7)30-16-10-6-2-1-5(3-6)9(10)14(27)23-24-16/h4-6H,1-3H2,(H2,20,25)(H,23,27)(H,22,28,29). The summed E-state index contributed by atoms with van der Waals surface area (Å²) in [5.74, 6) is 0.146. The van der Waals surface area contributed by atoms with Crippen LogP contribution >= 0.6 is 23.2 Å². The smallest absolute Gasteiger partial charge is 0.351 e. The number of hydrogen-bond donors (Lipinski definition) is 3. The van der Waals surface area contributed by atoms with Crippen LogP contribution in [0.25, 0.3) is 5.82 Å². The number of nitrogen functional groups attached to an aromatic ring is 1. The molecule has 3 heterocycles. The van der Waals surface area contributed by atoms with E-state index in [1.165, 1.54) is 6.07 Å². The van der Waals surface area contributed by atoms with Gasteiger partial charge in [-0.1, -0.05) is 23.2 Å². The lowest BCUT2D eigenvalue weighted by Gasteiger charge is -2.17. The number of pyridine rings is 1. The molecule has 2 bridgehead atoms. The van der Waals surface area contributed by atoms with Crippen molar-refractivity contribution < 1.29 is 4.74 Å². The minimum Gasteiger partial charge on any atom is -0.432 e. The van der Waals surface area contributed by atoms with Gasteiger partial charge in [-0.3, -0.25) is 14.6 Å². The van der Waals surface area contributed by atoms with Crippen molar-refractivity contribution in [2.24, 2.45) is 0 Å². The first kappa shape index (κ1) is 18.8. The van der Waals surface area contributed by atoms with Gasteiger partial charge in [0.05, 0.1) is 5.02 Å². The van der Waals surface area contributed by atoms with Gasteiger partial charge in [-0.05, 0) is 31.1 Å². The van der Waals surface area contributed by atoms with Gasteiger partial charge in [0.15, 0.2) is 16.7 Å². The third-order valence-electron chi connectivity index (χ3n) is 5.42. The van der Waals surface area contributed by atoms with E-state index in [0.29, 0.717) is 5.56 Å². The molecular formula is C17H13Cl2N7O4. The van der Waals surface area contributed by atoms with Gasteiger partial charge in [0.25, 0.3) is 11.1 Å². The molecule has 1 fully saturated rings. The van der Waals surface area contributed by atoms with Gasteiger partial charge in [0, 0.05) is 17.2 Å². The molecule has 3 aromatic heterocycles. The molecule has 3 aromatic rings. The van der Waals surface area contributed by atoms with Crippen molar-refractivity contribution in [1.29, 1.82) is 0 Å². The SMILES string of the molecule is Nc1nn(-c2cc(Cl)c(Oc3n[nH]c(=O)c4c3C3CCC4C3)c(Cl)n2)c(=O)[nH]c1=O. The number of nitrogens with two attached hydrogens (primary N) is 1. The first-order chi connectivity index (χ1) is 14.3. The Kier molecular flexibility index (Phi) is 4.19. The number of nitrogens with one attached hydrogen (secondary N) is 2. The zero-order valence-corrected chi connectivity index (χ0v) is 16.6. The van der Waals surface area contributed by atoms with Crippen LogP contribution in [0.4, 0.5) is 5.82 Å². The summed E-state index contributed by atoms with van der Waals surface area (Å²) in [5.41, 5.74) is 5.04. The highest BCUT2D eigenvalue weighted by Crippen LogP contribution is 2.54. The maximum atomic E-state index is 12.2. The minimum atomic E-state index is -0.862. The van der Waals surface area contributed by atoms with Gasteiger partial charge in [0.1, 0.15) is 0 Å². The summed E-state index contributed by atoms with van der Waals surface area (Å²) in [5, 5.41) is 10.0. The van der Waals surface area contributed by atoms with E-state index in [2.05, 4.69) is 20.3 Å². The molecule has 2 aliphatic rings. The second-order valence-electron chi connectivity index (χ2n) is 7.13. The molecule has 0 radical (unpaired) electrons. The Labute approximate surface area is 176 Å². The lowest BCUT2D eigenvalue weighted by Crippen LogP contribution is -2.33. The van der Waals surface area contributed by atoms with Gasteiger partial charge in [-0.15, -0.1) is 10.2 Å². The Morgan fingerprint density at radius 1 is 1.13 bits per heavy atom. The Hall–Kier alpha value is -3.18. The lowest BCUT2D eigenvalue weighted by molar-refractivity contribution is 0.438. The summed E-state index contributed by atoms with van der Waals surface area (Å²) < 4.78 is 6.61. The average molecular weight is 450 g/mol. The molecule has 0 saturated heterocycles. The van der Waals surface area contributed by atoms with Crippen molar-refractivity contribution >= 4 is 29.0 Å². The van der Waals surface area contributed by atoms with Crippen molar-refractivity contribution in [2.75, 3.05) is 5.73 Å². The van der Waals surface area contributed by atoms with Crippen LogP contribution in [0.5, 0.6) is 11.6 Å². The number of anilines is 1. The van der Waals surface area contributed by atoms with Crippen LogP contribution in [0.2, 0.25) is 10.2 Å². The molecule has 30 heavy (non-hydrogen) atoms. The average Bonchev–Trinajstić information content (AvgIpc) is 3.31. The van der Waals surface area contributed by atoms with Gasteiger partial charge in [-0.2, -0.15) is 4.68 Å². The zero-order valence-electron chi connectivity index (χ0n) is 15.1. The van der Waals surface area contributed by atoms with Crippen LogP contribution in [0.1, 0.15) is 42.2 Å². The molecule has 11 nitrogen and oxygen atoms in total. The highest BCUT2D eigenvalue weighted by Gasteiger charge is 2.42. The van der Waals surface area contributed by atoms with Crippen LogP contribution < -0.4 is 27.3 Å². The molecule has 0 aromatic carbocycles. The molecule has 13 heteroatoms. The molecule has 2 unspecified atom stereocenters. The largest absolute Gasteiger partial charge is 0.432 e. The minimum absolute atomic E-state index is 0.0112. The second-order valence-corrected chi connectivity index (χ2v) is 7.90. The van der Waals surface area contributed by atoms with E-state index in [1.807, 2.05) is 4.98 Å². The summed E-state index contributed by atoms with van der Waals surface area (Å²) in [6.45, 7) is 0. The van der Waals surface area contributed by atoms with Crippen molar-refractivity contribution in [1.82, 2.24) is 29.9 Å². The van der Waals surface area contributed by atoms with Gasteiger partial charge >= 0.3 is 5.69 Å². The molecular weight excluding hydrogens is 437 g/mol. The van der Waals surface area contributed by atoms with E-state index in [1.54, 1.807) is 0 Å². The maximum Gasteiger partial charge on any atom is 0.351 e. The van der Waals surface area contributed by atoms with Crippen LogP contribution in [0.15, 0.2) is 20.4 Å². The quantitative estimate of drug-likeness (QED) is 0.505. The number of nitrogens with zero attached hydrogens (tertiary/aromatic N) is 4. The fraction of sp³-hybridized carbons (Fsp3) is 0.294. The summed E-state index contributed by atoms with van der Waals surface area (Å²) >= 11 is 12.6. The molecule has 2 aliphatic carbocycles. The van der Waals surface area contributed by atoms with E-state index < -0.39 is 17.1 Å². The van der Waals surface area contributed by atoms with Crippen LogP contribution in [0, 0.1) is 0 Å². The van der Waals surface area contributed by atoms with Crippen molar-refractivity contribution in [2.45, 2.75) is 31.1 Å². The molecule has 1 saturated carbocycles. The van der Waals surface area contributed by atoms with Crippen molar-refractivity contribution in [3.8, 4) is 17.4 Å². The predicted octanol–water partition coefficient (Wildman–Crippen LogP) is 1.45. The first-order valence-electron chi connectivity index (χ1n) is 8.99. The van der Waals surface area contributed by atoms with Crippen molar-refractivity contribution in [3.63, 3.8) is 0 Å². The number of ether oxygens (including phenoxy) is 1. The van der Waals surface area contributed by atoms with E-state index in [9.17, 15) is 14.4 Å². The fourth-order valence-electron chi connectivity index (χ4n) is 4.17. The van der Waals surface area contributed by atoms with Gasteiger partial charge in [-0.25, -0.2) is 14.9 Å². The van der Waals surface area contributed by atoms with Crippen LogP contribution in [-0.4, -0.2) is 29.9 Å². The molecule has 154 valence electrons. The highest BCUT2D eigenvalue weighted by molar-refractivity contribution is 6.36. The van der Waals surface area contributed by atoms with E-state index in [4.69, 9.17) is 33.7 Å². The summed E-state index contributed by atoms with van der Waals surface area (Å²) in [7, 11) is 0. The zero-order chi connectivity index (χ0) is 21.2. The first-order valence-corrected chi connectivity index (χ1v) is 9.75. The Morgan fingerprint density at radius 3 is 2.60 bits per heavy atom. The lowest BCUT2D eigenvalue weighted by atomic mass is 9.94. The van der Waals surface area contributed by atoms with E-state index in [-0.39, 0.29) is 45.0 Å². The van der Waals surface area contributed by atoms with Crippen LogP contribution in [-0.2, 0) is 0 Å². The summed E-state index contributed by atoms with van der Waals surface area (Å²) in [6, 6.07) is 1.28. The molecule has 5 rings (SSSR count). The van der Waals surface area contributed by atoms with Gasteiger partial charge in [0.2, 0.25) is 11.7 Å². The predicted molar refractivity (Wildman–Crippen MR) is 107 cm³/mol. The number of hydrogen-bond acceptors (Lipinski definition) is 8. The number of rotatable bonds is 3. The number of H-pyrrole nitrogens is 2. The molecule has 4 N–H and O–H groups in total. The van der Waals surface area contributed by atoms with Crippen molar-refractivity contribution in [3.05, 3.63) is 58.6 Å². The number of aromatic nitrogens is 6. The number of fused-ring (bicyclic) bond motifs is 5. The number of halogens is 2. The third kappa shape index (κ3) is 2.81. The molecule has 0 amide bonds. The normalized spacial score (nSPS) is 19.1. The second kappa shape index (κ2) is 6.67. The highest BCUT2D eigenvalue weighted by atomic mass is 35.5. The van der Waals surface area contributed by atoms with E-state index >= 15 is 0 Å². The third-order valence-corrected chi connectivity index (χ3v) is 5.95. The maximum absolute atomic E-state index is 12.2. The van der Waals surface area contributed by atoms with E-state index in [0.717, 1.165) is 29.5 Å².